The van der Waals surface area contributed by atoms with Crippen LogP contribution in [-0.4, -0.2) is 48.5 Å². The molecule has 1 aliphatic carbocycles. The topological polar surface area (TPSA) is 87.7 Å². The second-order valence-electron chi connectivity index (χ2n) is 6.93. The molecule has 1 aromatic carbocycles. The Morgan fingerprint density at radius 2 is 1.79 bits per heavy atom. The van der Waals surface area contributed by atoms with E-state index < -0.39 is 17.9 Å². The molecule has 1 aromatic rings. The van der Waals surface area contributed by atoms with Gasteiger partial charge in [-0.2, -0.15) is 0 Å². The Morgan fingerprint density at radius 3 is 2.43 bits per heavy atom. The second kappa shape index (κ2) is 11.4. The predicted octanol–water partition coefficient (Wildman–Crippen LogP) is 2.35. The zero-order valence-corrected chi connectivity index (χ0v) is 16.2. The summed E-state index contributed by atoms with van der Waals surface area (Å²) in [5, 5.41) is 5.13. The van der Waals surface area contributed by atoms with Crippen molar-refractivity contribution in [2.45, 2.75) is 51.6 Å². The SMILES string of the molecule is CCOC(=O)CN(CC(=O)NC(=O)NC1CCCCC1)Cc1ccc(F)cc1. The van der Waals surface area contributed by atoms with E-state index >= 15 is 0 Å². The first-order valence-corrected chi connectivity index (χ1v) is 9.69. The fraction of sp³-hybridized carbons (Fsp3) is 0.550. The van der Waals surface area contributed by atoms with Gasteiger partial charge in [-0.3, -0.25) is 19.8 Å². The van der Waals surface area contributed by atoms with E-state index in [2.05, 4.69) is 10.6 Å². The molecule has 0 aromatic heterocycles. The molecule has 0 bridgehead atoms. The van der Waals surface area contributed by atoms with Gasteiger partial charge in [0.15, 0.2) is 0 Å². The maximum atomic E-state index is 13.1. The van der Waals surface area contributed by atoms with Crippen molar-refractivity contribution in [2.24, 2.45) is 0 Å². The number of halogens is 1. The Labute approximate surface area is 164 Å². The highest BCUT2D eigenvalue weighted by Crippen LogP contribution is 2.17. The Bertz CT molecular complexity index is 660. The van der Waals surface area contributed by atoms with E-state index in [1.165, 1.54) is 18.6 Å². The molecule has 1 saturated carbocycles. The van der Waals surface area contributed by atoms with Crippen molar-refractivity contribution in [3.05, 3.63) is 35.6 Å². The molecule has 8 heteroatoms. The largest absolute Gasteiger partial charge is 0.465 e. The standard InChI is InChI=1S/C20H28FN3O4/c1-2-28-19(26)14-24(12-15-8-10-16(21)11-9-15)13-18(25)23-20(27)22-17-6-4-3-5-7-17/h8-11,17H,2-7,12-14H2,1H3,(H2,22,23,25,27). The van der Waals surface area contributed by atoms with Crippen LogP contribution in [0.2, 0.25) is 0 Å². The van der Waals surface area contributed by atoms with Crippen molar-refractivity contribution in [3.63, 3.8) is 0 Å². The third-order valence-electron chi connectivity index (χ3n) is 4.54. The average molecular weight is 393 g/mol. The molecule has 3 amide bonds. The maximum absolute atomic E-state index is 13.1. The lowest BCUT2D eigenvalue weighted by Crippen LogP contribution is -2.48. The highest BCUT2D eigenvalue weighted by molar-refractivity contribution is 5.95. The average Bonchev–Trinajstić information content (AvgIpc) is 2.64. The second-order valence-corrected chi connectivity index (χ2v) is 6.93. The lowest BCUT2D eigenvalue weighted by Gasteiger charge is -2.23. The van der Waals surface area contributed by atoms with Crippen LogP contribution in [0.15, 0.2) is 24.3 Å². The summed E-state index contributed by atoms with van der Waals surface area (Å²) < 4.78 is 18.0. The van der Waals surface area contributed by atoms with Crippen LogP contribution in [0.4, 0.5) is 9.18 Å². The maximum Gasteiger partial charge on any atom is 0.321 e. The summed E-state index contributed by atoms with van der Waals surface area (Å²) >= 11 is 0. The van der Waals surface area contributed by atoms with Crippen LogP contribution < -0.4 is 10.6 Å². The zero-order chi connectivity index (χ0) is 20.4. The molecule has 2 N–H and O–H groups in total. The molecule has 0 aliphatic heterocycles. The van der Waals surface area contributed by atoms with Crippen molar-refractivity contribution >= 4 is 17.9 Å². The number of esters is 1. The fourth-order valence-corrected chi connectivity index (χ4v) is 3.24. The summed E-state index contributed by atoms with van der Waals surface area (Å²) in [7, 11) is 0. The van der Waals surface area contributed by atoms with Crippen LogP contribution in [0.5, 0.6) is 0 Å². The van der Waals surface area contributed by atoms with Crippen molar-refractivity contribution in [2.75, 3.05) is 19.7 Å². The number of amides is 3. The van der Waals surface area contributed by atoms with Crippen LogP contribution in [-0.2, 0) is 20.9 Å². The lowest BCUT2D eigenvalue weighted by molar-refractivity contribution is -0.144. The molecule has 7 nitrogen and oxygen atoms in total. The van der Waals surface area contributed by atoms with E-state index in [9.17, 15) is 18.8 Å². The van der Waals surface area contributed by atoms with Gasteiger partial charge in [-0.25, -0.2) is 9.18 Å². The van der Waals surface area contributed by atoms with Gasteiger partial charge in [-0.15, -0.1) is 0 Å². The molecule has 0 radical (unpaired) electrons. The van der Waals surface area contributed by atoms with Crippen molar-refractivity contribution in [1.29, 1.82) is 0 Å². The smallest absolute Gasteiger partial charge is 0.321 e. The Hall–Kier alpha value is -2.48. The third-order valence-corrected chi connectivity index (χ3v) is 4.54. The fourth-order valence-electron chi connectivity index (χ4n) is 3.24. The Kier molecular flexibility index (Phi) is 8.87. The summed E-state index contributed by atoms with van der Waals surface area (Å²) in [6.45, 7) is 1.91. The predicted molar refractivity (Wildman–Crippen MR) is 102 cm³/mol. The molecular formula is C20H28FN3O4. The highest BCUT2D eigenvalue weighted by Gasteiger charge is 2.20. The van der Waals surface area contributed by atoms with E-state index in [4.69, 9.17) is 4.74 Å². The van der Waals surface area contributed by atoms with E-state index in [0.29, 0.717) is 0 Å². The number of rotatable bonds is 8. The van der Waals surface area contributed by atoms with E-state index in [1.54, 1.807) is 24.0 Å². The van der Waals surface area contributed by atoms with Gasteiger partial charge in [0.1, 0.15) is 5.82 Å². The number of urea groups is 1. The van der Waals surface area contributed by atoms with E-state index in [1.807, 2.05) is 0 Å². The summed E-state index contributed by atoms with van der Waals surface area (Å²) in [6, 6.07) is 5.37. The van der Waals surface area contributed by atoms with E-state index in [0.717, 1.165) is 31.2 Å². The minimum atomic E-state index is -0.519. The van der Waals surface area contributed by atoms with Gasteiger partial charge < -0.3 is 10.1 Å². The Balaban J connectivity index is 1.89. The number of carbonyl (C=O) groups is 3. The van der Waals surface area contributed by atoms with Gasteiger partial charge in [0.05, 0.1) is 19.7 Å². The molecule has 1 aliphatic rings. The molecule has 0 unspecified atom stereocenters. The summed E-state index contributed by atoms with van der Waals surface area (Å²) in [5.74, 6) is -1.35. The zero-order valence-electron chi connectivity index (χ0n) is 16.2. The normalized spacial score (nSPS) is 14.5. The van der Waals surface area contributed by atoms with Gasteiger partial charge in [0.25, 0.3) is 0 Å². The summed E-state index contributed by atoms with van der Waals surface area (Å²) in [4.78, 5) is 37.7. The molecule has 0 atom stereocenters. The minimum absolute atomic E-state index is 0.0939. The number of nitrogens with zero attached hydrogens (tertiary/aromatic N) is 1. The van der Waals surface area contributed by atoms with Crippen LogP contribution >= 0.6 is 0 Å². The monoisotopic (exact) mass is 393 g/mol. The van der Waals surface area contributed by atoms with Crippen LogP contribution in [0.3, 0.4) is 0 Å². The first-order chi connectivity index (χ1) is 13.5. The summed E-state index contributed by atoms with van der Waals surface area (Å²) in [5.41, 5.74) is 0.741. The van der Waals surface area contributed by atoms with Crippen molar-refractivity contribution in [1.82, 2.24) is 15.5 Å². The molecular weight excluding hydrogens is 365 g/mol. The van der Waals surface area contributed by atoms with Crippen molar-refractivity contribution < 1.29 is 23.5 Å². The molecule has 2 rings (SSSR count). The van der Waals surface area contributed by atoms with Crippen molar-refractivity contribution in [3.8, 4) is 0 Å². The molecule has 1 fully saturated rings. The Morgan fingerprint density at radius 1 is 1.11 bits per heavy atom. The number of nitrogens with one attached hydrogen (secondary N) is 2. The highest BCUT2D eigenvalue weighted by atomic mass is 19.1. The number of benzene rings is 1. The number of hydrogen-bond acceptors (Lipinski definition) is 5. The van der Waals surface area contributed by atoms with Gasteiger partial charge in [0.2, 0.25) is 5.91 Å². The number of hydrogen-bond donors (Lipinski definition) is 2. The van der Waals surface area contributed by atoms with E-state index in [-0.39, 0.29) is 38.1 Å². The number of imide groups is 1. The molecule has 0 spiro atoms. The quantitative estimate of drug-likeness (QED) is 0.662. The lowest BCUT2D eigenvalue weighted by atomic mass is 9.96. The molecule has 154 valence electrons. The van der Waals surface area contributed by atoms with Gasteiger partial charge in [-0.05, 0) is 37.5 Å². The van der Waals surface area contributed by atoms with Crippen LogP contribution in [0, 0.1) is 5.82 Å². The molecule has 28 heavy (non-hydrogen) atoms. The van der Waals surface area contributed by atoms with Gasteiger partial charge in [0, 0.05) is 12.6 Å². The van der Waals surface area contributed by atoms with Gasteiger partial charge in [-0.1, -0.05) is 31.4 Å². The van der Waals surface area contributed by atoms with Crippen LogP contribution in [0.25, 0.3) is 0 Å². The number of carbonyl (C=O) groups excluding carboxylic acids is 3. The molecule has 0 heterocycles. The third kappa shape index (κ3) is 8.04. The number of ether oxygens (including phenoxy) is 1. The van der Waals surface area contributed by atoms with Crippen LogP contribution in [0.1, 0.15) is 44.6 Å². The molecule has 0 saturated heterocycles. The first-order valence-electron chi connectivity index (χ1n) is 9.69. The summed E-state index contributed by atoms with van der Waals surface area (Å²) in [6.07, 6.45) is 5.15. The van der Waals surface area contributed by atoms with Gasteiger partial charge >= 0.3 is 12.0 Å². The first kappa shape index (κ1) is 21.8. The minimum Gasteiger partial charge on any atom is -0.465 e.